The predicted molar refractivity (Wildman–Crippen MR) is 116 cm³/mol. The molecule has 2 aromatic heterocycles. The lowest BCUT2D eigenvalue weighted by molar-refractivity contribution is -0.124. The fraction of sp³-hybridized carbons (Fsp3) is 0.435. The molecule has 3 heterocycles. The minimum absolute atomic E-state index is 0.0396. The van der Waals surface area contributed by atoms with Crippen molar-refractivity contribution in [3.63, 3.8) is 0 Å². The summed E-state index contributed by atoms with van der Waals surface area (Å²) in [6.07, 6.45) is 2.28. The van der Waals surface area contributed by atoms with E-state index in [1.165, 1.54) is 7.11 Å². The van der Waals surface area contributed by atoms with Gasteiger partial charge in [-0.2, -0.15) is 8.78 Å². The third kappa shape index (κ3) is 3.44. The van der Waals surface area contributed by atoms with Gasteiger partial charge in [0, 0.05) is 18.0 Å². The number of carbonyl (C=O) groups is 1. The molecule has 1 saturated heterocycles. The Morgan fingerprint density at radius 1 is 1.18 bits per heavy atom. The van der Waals surface area contributed by atoms with Gasteiger partial charge in [0.05, 0.1) is 30.8 Å². The number of imidazole rings is 1. The first kappa shape index (κ1) is 21.4. The van der Waals surface area contributed by atoms with E-state index in [4.69, 9.17) is 14.2 Å². The highest BCUT2D eigenvalue weighted by molar-refractivity contribution is 5.88. The van der Waals surface area contributed by atoms with Crippen molar-refractivity contribution < 1.29 is 27.8 Å². The Labute approximate surface area is 188 Å². The quantitative estimate of drug-likeness (QED) is 0.580. The zero-order valence-electron chi connectivity index (χ0n) is 18.5. The number of methoxy groups -OCH3 is 2. The number of nitrogens with one attached hydrogen (secondary N) is 1. The molecule has 1 aromatic carbocycles. The predicted octanol–water partition coefficient (Wildman–Crippen LogP) is 3.80. The lowest BCUT2D eigenvalue weighted by atomic mass is 9.88. The van der Waals surface area contributed by atoms with Gasteiger partial charge in [-0.1, -0.05) is 0 Å². The van der Waals surface area contributed by atoms with Gasteiger partial charge >= 0.3 is 6.55 Å². The van der Waals surface area contributed by atoms with E-state index in [0.29, 0.717) is 34.8 Å². The third-order valence-electron chi connectivity index (χ3n) is 6.71. The number of carbonyl (C=O) groups excluding carboxylic acids is 1. The van der Waals surface area contributed by atoms with Crippen molar-refractivity contribution >= 4 is 16.9 Å². The van der Waals surface area contributed by atoms with E-state index in [-0.39, 0.29) is 23.2 Å². The van der Waals surface area contributed by atoms with Gasteiger partial charge in [-0.3, -0.25) is 9.36 Å². The molecule has 3 aromatic rings. The maximum atomic E-state index is 13.7. The number of hydrogen-bond acceptors (Lipinski definition) is 6. The first-order chi connectivity index (χ1) is 15.9. The molecule has 1 saturated carbocycles. The molecule has 1 aliphatic carbocycles. The molecular formula is C23H24F2N4O4. The van der Waals surface area contributed by atoms with Crippen LogP contribution in [0.5, 0.6) is 17.4 Å². The number of rotatable bonds is 7. The van der Waals surface area contributed by atoms with Crippen molar-refractivity contribution in [1.82, 2.24) is 19.9 Å². The minimum atomic E-state index is -2.80. The molecule has 2 fully saturated rings. The second-order valence-corrected chi connectivity index (χ2v) is 8.48. The van der Waals surface area contributed by atoms with Crippen molar-refractivity contribution in [3.8, 4) is 28.6 Å². The molecule has 1 N–H and O–H groups in total. The number of hydrogen-bond donors (Lipinski definition) is 1. The molecule has 2 aliphatic rings. The molecule has 174 valence electrons. The average Bonchev–Trinajstić information content (AvgIpc) is 3.37. The molecule has 2 atom stereocenters. The van der Waals surface area contributed by atoms with Crippen LogP contribution < -0.4 is 19.5 Å². The van der Waals surface area contributed by atoms with E-state index in [1.807, 2.05) is 6.92 Å². The second-order valence-electron chi connectivity index (χ2n) is 8.48. The Balaban J connectivity index is 1.57. The van der Waals surface area contributed by atoms with Gasteiger partial charge in [-0.25, -0.2) is 9.97 Å². The van der Waals surface area contributed by atoms with Crippen LogP contribution in [-0.2, 0) is 4.79 Å². The van der Waals surface area contributed by atoms with Crippen molar-refractivity contribution in [3.05, 3.63) is 30.6 Å². The fourth-order valence-corrected chi connectivity index (χ4v) is 4.75. The Hall–Kier alpha value is -3.43. The summed E-state index contributed by atoms with van der Waals surface area (Å²) < 4.78 is 45.0. The van der Waals surface area contributed by atoms with Crippen molar-refractivity contribution in [1.29, 1.82) is 0 Å². The van der Waals surface area contributed by atoms with Crippen molar-refractivity contribution in [2.45, 2.75) is 32.4 Å². The highest BCUT2D eigenvalue weighted by atomic mass is 19.3. The van der Waals surface area contributed by atoms with Crippen molar-refractivity contribution in [2.24, 2.45) is 11.3 Å². The van der Waals surface area contributed by atoms with Gasteiger partial charge < -0.3 is 19.5 Å². The summed E-state index contributed by atoms with van der Waals surface area (Å²) in [7, 11) is 3.07. The van der Waals surface area contributed by atoms with Crippen LogP contribution in [0.25, 0.3) is 22.3 Å². The molecule has 8 nitrogen and oxygen atoms in total. The zero-order chi connectivity index (χ0) is 23.3. The molecule has 5 rings (SSSR count). The van der Waals surface area contributed by atoms with E-state index in [1.54, 1.807) is 31.4 Å². The molecule has 1 amide bonds. The van der Waals surface area contributed by atoms with E-state index in [9.17, 15) is 13.6 Å². The number of pyridine rings is 1. The Bertz CT molecular complexity index is 1220. The van der Waals surface area contributed by atoms with Gasteiger partial charge in [0.2, 0.25) is 11.8 Å². The molecule has 0 bridgehead atoms. The number of amides is 1. The second kappa shape index (κ2) is 7.86. The molecule has 10 heteroatoms. The molecule has 33 heavy (non-hydrogen) atoms. The monoisotopic (exact) mass is 458 g/mol. The molecule has 0 radical (unpaired) electrons. The number of fused-ring (bicyclic) bond motifs is 1. The first-order valence-electron chi connectivity index (χ1n) is 10.7. The normalized spacial score (nSPS) is 19.7. The lowest BCUT2D eigenvalue weighted by Gasteiger charge is -2.24. The van der Waals surface area contributed by atoms with Crippen LogP contribution in [0.2, 0.25) is 0 Å². The Kier molecular flexibility index (Phi) is 5.10. The summed E-state index contributed by atoms with van der Waals surface area (Å²) in [6, 6.07) is 6.93. The topological polar surface area (TPSA) is 87.5 Å². The van der Waals surface area contributed by atoms with E-state index >= 15 is 0 Å². The highest BCUT2D eigenvalue weighted by Gasteiger charge is 2.61. The van der Waals surface area contributed by atoms with E-state index < -0.39 is 18.1 Å². The van der Waals surface area contributed by atoms with Gasteiger partial charge in [-0.05, 0) is 44.0 Å². The summed E-state index contributed by atoms with van der Waals surface area (Å²) in [5.41, 5.74) is 1.21. The molecule has 1 aliphatic heterocycles. The average molecular weight is 458 g/mol. The fourth-order valence-electron chi connectivity index (χ4n) is 4.75. The molecule has 1 spiro atoms. The smallest absolute Gasteiger partial charge is 0.320 e. The van der Waals surface area contributed by atoms with Crippen LogP contribution in [0.4, 0.5) is 8.78 Å². The summed E-state index contributed by atoms with van der Waals surface area (Å²) in [4.78, 5) is 21.0. The number of halogens is 2. The van der Waals surface area contributed by atoms with Crippen LogP contribution in [0.3, 0.4) is 0 Å². The first-order valence-corrected chi connectivity index (χ1v) is 10.7. The van der Waals surface area contributed by atoms with Crippen molar-refractivity contribution in [2.75, 3.05) is 20.8 Å². The van der Waals surface area contributed by atoms with Gasteiger partial charge in [0.25, 0.3) is 0 Å². The maximum Gasteiger partial charge on any atom is 0.320 e. The molecule has 1 unspecified atom stereocenters. The number of benzene rings is 1. The van der Waals surface area contributed by atoms with Crippen LogP contribution in [0, 0.1) is 11.3 Å². The third-order valence-corrected chi connectivity index (χ3v) is 6.71. The van der Waals surface area contributed by atoms with E-state index in [2.05, 4.69) is 15.3 Å². The van der Waals surface area contributed by atoms with Gasteiger partial charge in [0.1, 0.15) is 17.9 Å². The SMILES string of the molecule is COc1ccc(-c2cc3ncn(C(F)F)c3c(OC(C)[C@H]3CNC(=O)C34CC4)n2)cc1OC. The number of alkyl halides is 2. The lowest BCUT2D eigenvalue weighted by Crippen LogP contribution is -2.32. The number of ether oxygens (including phenoxy) is 3. The summed E-state index contributed by atoms with van der Waals surface area (Å²) in [5.74, 6) is 1.10. The molecular weight excluding hydrogens is 434 g/mol. The largest absolute Gasteiger partial charge is 0.493 e. The van der Waals surface area contributed by atoms with Crippen LogP contribution >= 0.6 is 0 Å². The highest BCUT2D eigenvalue weighted by Crippen LogP contribution is 2.56. The summed E-state index contributed by atoms with van der Waals surface area (Å²) in [5, 5.41) is 2.91. The van der Waals surface area contributed by atoms with E-state index in [0.717, 1.165) is 23.7 Å². The standard InChI is InChI=1S/C23H24F2N4O4/c1-12(14-10-26-21(30)23(14)6-7-23)33-20-19-16(27-11-29(19)22(24)25)9-15(28-20)13-4-5-17(31-2)18(8-13)32-3/h4-5,8-9,11-12,14,22H,6-7,10H2,1-3H3,(H,26,30)/t12?,14-/m1/s1. The zero-order valence-corrected chi connectivity index (χ0v) is 18.5. The number of aromatic nitrogens is 3. The summed E-state index contributed by atoms with van der Waals surface area (Å²) in [6.45, 7) is -0.456. The van der Waals surface area contributed by atoms with Crippen LogP contribution in [-0.4, -0.2) is 47.3 Å². The maximum absolute atomic E-state index is 13.7. The van der Waals surface area contributed by atoms with Crippen LogP contribution in [0.15, 0.2) is 30.6 Å². The number of nitrogens with zero attached hydrogens (tertiary/aromatic N) is 3. The summed E-state index contributed by atoms with van der Waals surface area (Å²) >= 11 is 0. The Morgan fingerprint density at radius 2 is 1.94 bits per heavy atom. The van der Waals surface area contributed by atoms with Gasteiger partial charge in [0.15, 0.2) is 11.5 Å². The Morgan fingerprint density at radius 3 is 2.61 bits per heavy atom. The van der Waals surface area contributed by atoms with Gasteiger partial charge in [-0.15, -0.1) is 0 Å². The minimum Gasteiger partial charge on any atom is -0.493 e. The van der Waals surface area contributed by atoms with Crippen LogP contribution in [0.1, 0.15) is 26.3 Å².